The minimum atomic E-state index is -0.997. The summed E-state index contributed by atoms with van der Waals surface area (Å²) in [6, 6.07) is 6.00. The molecule has 2 N–H and O–H groups in total. The number of thiophene rings is 2. The Labute approximate surface area is 127 Å². The molecule has 0 aliphatic carbocycles. The van der Waals surface area contributed by atoms with Gasteiger partial charge >= 0.3 is 0 Å². The average molecular weight is 309 g/mol. The van der Waals surface area contributed by atoms with Crippen LogP contribution < -0.4 is 5.32 Å². The highest BCUT2D eigenvalue weighted by Gasteiger charge is 2.23. The first-order valence-corrected chi connectivity index (χ1v) is 8.44. The normalized spacial score (nSPS) is 13.9. The Balaban J connectivity index is 1.69. The van der Waals surface area contributed by atoms with Crippen molar-refractivity contribution in [2.24, 2.45) is 0 Å². The molecule has 1 atom stereocenters. The predicted octanol–water partition coefficient (Wildman–Crippen LogP) is 3.16. The van der Waals surface area contributed by atoms with Crippen LogP contribution >= 0.6 is 22.7 Å². The number of rotatable bonds is 7. The van der Waals surface area contributed by atoms with Crippen molar-refractivity contribution in [1.82, 2.24) is 5.32 Å². The zero-order chi connectivity index (χ0) is 14.4. The van der Waals surface area contributed by atoms with Gasteiger partial charge in [0.2, 0.25) is 5.91 Å². The van der Waals surface area contributed by atoms with Crippen LogP contribution in [-0.2, 0) is 16.8 Å². The van der Waals surface area contributed by atoms with E-state index in [0.29, 0.717) is 6.42 Å². The molecule has 1 amide bonds. The van der Waals surface area contributed by atoms with E-state index in [2.05, 4.69) is 11.4 Å². The molecule has 0 spiro atoms. The fourth-order valence-electron chi connectivity index (χ4n) is 1.91. The molecule has 2 heterocycles. The van der Waals surface area contributed by atoms with Crippen LogP contribution in [0.1, 0.15) is 30.2 Å². The second-order valence-electron chi connectivity index (χ2n) is 5.00. The van der Waals surface area contributed by atoms with Crippen molar-refractivity contribution in [3.05, 3.63) is 44.8 Å². The standard InChI is InChI=1S/C15H19NO2S2/c1-15(18,12-7-9-19-10-12)11-16-14(17)6-2-4-13-5-3-8-20-13/h3,5,7-10,18H,2,4,6,11H2,1H3,(H,16,17). The van der Waals surface area contributed by atoms with Gasteiger partial charge in [-0.3, -0.25) is 4.79 Å². The Morgan fingerprint density at radius 2 is 2.25 bits per heavy atom. The van der Waals surface area contributed by atoms with Crippen molar-refractivity contribution in [2.75, 3.05) is 6.54 Å². The second kappa shape index (κ2) is 7.02. The van der Waals surface area contributed by atoms with Gasteiger partial charge in [0.05, 0.1) is 6.54 Å². The highest BCUT2D eigenvalue weighted by Crippen LogP contribution is 2.22. The molecule has 1 unspecified atom stereocenters. The summed E-state index contributed by atoms with van der Waals surface area (Å²) in [7, 11) is 0. The van der Waals surface area contributed by atoms with Crippen LogP contribution in [0.15, 0.2) is 34.3 Å². The van der Waals surface area contributed by atoms with E-state index < -0.39 is 5.60 Å². The highest BCUT2D eigenvalue weighted by atomic mass is 32.1. The maximum absolute atomic E-state index is 11.8. The van der Waals surface area contributed by atoms with E-state index in [4.69, 9.17) is 0 Å². The monoisotopic (exact) mass is 309 g/mol. The summed E-state index contributed by atoms with van der Waals surface area (Å²) < 4.78 is 0. The fraction of sp³-hybridized carbons (Fsp3) is 0.400. The van der Waals surface area contributed by atoms with E-state index in [1.165, 1.54) is 4.88 Å². The largest absolute Gasteiger partial charge is 0.384 e. The molecule has 0 aliphatic rings. The zero-order valence-electron chi connectivity index (χ0n) is 11.5. The van der Waals surface area contributed by atoms with Crippen molar-refractivity contribution in [3.8, 4) is 0 Å². The van der Waals surface area contributed by atoms with E-state index in [9.17, 15) is 9.90 Å². The van der Waals surface area contributed by atoms with Gasteiger partial charge in [-0.1, -0.05) is 6.07 Å². The third kappa shape index (κ3) is 4.44. The minimum Gasteiger partial charge on any atom is -0.384 e. The van der Waals surface area contributed by atoms with Crippen LogP contribution in [0.4, 0.5) is 0 Å². The van der Waals surface area contributed by atoms with E-state index in [0.717, 1.165) is 18.4 Å². The summed E-state index contributed by atoms with van der Waals surface area (Å²) in [5.41, 5.74) is -0.148. The summed E-state index contributed by atoms with van der Waals surface area (Å²) in [6.45, 7) is 1.97. The molecule has 2 aromatic heterocycles. The molecule has 0 saturated carbocycles. The molecular formula is C15H19NO2S2. The van der Waals surface area contributed by atoms with Gasteiger partial charge in [0.25, 0.3) is 0 Å². The van der Waals surface area contributed by atoms with Gasteiger partial charge < -0.3 is 10.4 Å². The summed E-state index contributed by atoms with van der Waals surface area (Å²) in [6.07, 6.45) is 2.27. The summed E-state index contributed by atoms with van der Waals surface area (Å²) in [5, 5.41) is 19.0. The smallest absolute Gasteiger partial charge is 0.220 e. The minimum absolute atomic E-state index is 0.00272. The highest BCUT2D eigenvalue weighted by molar-refractivity contribution is 7.09. The molecule has 3 nitrogen and oxygen atoms in total. The topological polar surface area (TPSA) is 49.3 Å². The Hall–Kier alpha value is -1.17. The van der Waals surface area contributed by atoms with E-state index in [1.807, 2.05) is 28.3 Å². The van der Waals surface area contributed by atoms with Crippen molar-refractivity contribution >= 4 is 28.6 Å². The van der Waals surface area contributed by atoms with Crippen LogP contribution in [0, 0.1) is 0 Å². The van der Waals surface area contributed by atoms with Crippen molar-refractivity contribution in [2.45, 2.75) is 31.8 Å². The van der Waals surface area contributed by atoms with Crippen molar-refractivity contribution < 1.29 is 9.90 Å². The van der Waals surface area contributed by atoms with Gasteiger partial charge in [-0.15, -0.1) is 11.3 Å². The Bertz CT molecular complexity index is 518. The van der Waals surface area contributed by atoms with Gasteiger partial charge in [-0.25, -0.2) is 0 Å². The predicted molar refractivity (Wildman–Crippen MR) is 84.2 cm³/mol. The van der Waals surface area contributed by atoms with E-state index in [1.54, 1.807) is 29.6 Å². The molecule has 2 rings (SSSR count). The Kier molecular flexibility index (Phi) is 5.34. The number of aliphatic hydroxyl groups is 1. The van der Waals surface area contributed by atoms with Crippen molar-refractivity contribution in [1.29, 1.82) is 0 Å². The number of hydrogen-bond donors (Lipinski definition) is 2. The maximum atomic E-state index is 11.8. The first-order valence-electron chi connectivity index (χ1n) is 6.62. The molecule has 5 heteroatoms. The number of carbonyl (C=O) groups excluding carboxylic acids is 1. The van der Waals surface area contributed by atoms with Gasteiger partial charge in [-0.2, -0.15) is 11.3 Å². The Morgan fingerprint density at radius 1 is 1.40 bits per heavy atom. The molecule has 0 aliphatic heterocycles. The molecule has 0 fully saturated rings. The Morgan fingerprint density at radius 3 is 2.90 bits per heavy atom. The number of hydrogen-bond acceptors (Lipinski definition) is 4. The maximum Gasteiger partial charge on any atom is 0.220 e. The fourth-order valence-corrected chi connectivity index (χ4v) is 3.44. The first-order chi connectivity index (χ1) is 9.58. The molecule has 0 bridgehead atoms. The summed E-state index contributed by atoms with van der Waals surface area (Å²) in [4.78, 5) is 13.1. The lowest BCUT2D eigenvalue weighted by Crippen LogP contribution is -2.38. The lowest BCUT2D eigenvalue weighted by molar-refractivity contribution is -0.122. The quantitative estimate of drug-likeness (QED) is 0.825. The molecule has 0 radical (unpaired) electrons. The lowest BCUT2D eigenvalue weighted by Gasteiger charge is -2.22. The van der Waals surface area contributed by atoms with Crippen LogP contribution in [0.3, 0.4) is 0 Å². The number of amides is 1. The molecule has 2 aromatic rings. The lowest BCUT2D eigenvalue weighted by atomic mass is 9.99. The number of nitrogens with one attached hydrogen (secondary N) is 1. The molecule has 108 valence electrons. The first kappa shape index (κ1) is 15.2. The van der Waals surface area contributed by atoms with Gasteiger partial charge in [0.1, 0.15) is 5.60 Å². The second-order valence-corrected chi connectivity index (χ2v) is 6.81. The average Bonchev–Trinajstić information content (AvgIpc) is 3.09. The van der Waals surface area contributed by atoms with Crippen LogP contribution in [0.25, 0.3) is 0 Å². The molecule has 0 aromatic carbocycles. The summed E-state index contributed by atoms with van der Waals surface area (Å²) in [5.74, 6) is -0.00272. The van der Waals surface area contributed by atoms with Crippen LogP contribution in [0.5, 0.6) is 0 Å². The number of aryl methyl sites for hydroxylation is 1. The SMILES string of the molecule is CC(O)(CNC(=O)CCCc1cccs1)c1ccsc1. The zero-order valence-corrected chi connectivity index (χ0v) is 13.1. The van der Waals surface area contributed by atoms with E-state index in [-0.39, 0.29) is 12.5 Å². The van der Waals surface area contributed by atoms with Crippen LogP contribution in [0.2, 0.25) is 0 Å². The van der Waals surface area contributed by atoms with E-state index >= 15 is 0 Å². The molecular weight excluding hydrogens is 290 g/mol. The molecule has 20 heavy (non-hydrogen) atoms. The third-order valence-electron chi connectivity index (χ3n) is 3.18. The van der Waals surface area contributed by atoms with Gasteiger partial charge in [0.15, 0.2) is 0 Å². The van der Waals surface area contributed by atoms with Gasteiger partial charge in [-0.05, 0) is 53.6 Å². The third-order valence-corrected chi connectivity index (χ3v) is 4.80. The molecule has 0 saturated heterocycles. The number of carbonyl (C=O) groups is 1. The summed E-state index contributed by atoms with van der Waals surface area (Å²) >= 11 is 3.26. The van der Waals surface area contributed by atoms with Crippen LogP contribution in [-0.4, -0.2) is 17.6 Å². The van der Waals surface area contributed by atoms with Gasteiger partial charge in [0, 0.05) is 11.3 Å². The van der Waals surface area contributed by atoms with Crippen molar-refractivity contribution in [3.63, 3.8) is 0 Å².